The second kappa shape index (κ2) is 43.9. The molecular weight excluding hydrogens is 721 g/mol. The molecule has 0 aromatic rings. The van der Waals surface area contributed by atoms with E-state index in [1.54, 1.807) is 6.26 Å². The van der Waals surface area contributed by atoms with Crippen molar-refractivity contribution in [2.75, 3.05) is 26.4 Å². The van der Waals surface area contributed by atoms with Gasteiger partial charge >= 0.3 is 13.8 Å². The normalized spacial score (nSPS) is 14.1. The SMILES string of the molecule is CCCCCCCCCC/C=C\C/C=C\C/C=C\C/C=C\CCC(=O)OC(CO/C=C/C/C=C\CCCCCCCCCCCCC)COP(=O)(O)OCCN. The van der Waals surface area contributed by atoms with Gasteiger partial charge in [0.15, 0.2) is 6.10 Å². The molecule has 0 aliphatic heterocycles. The predicted octanol–water partition coefficient (Wildman–Crippen LogP) is 13.9. The molecule has 2 unspecified atom stereocenters. The highest BCUT2D eigenvalue weighted by Crippen LogP contribution is 2.43. The minimum atomic E-state index is -4.32. The molecule has 0 rings (SSSR count). The van der Waals surface area contributed by atoms with Crippen molar-refractivity contribution in [3.05, 3.63) is 73.1 Å². The standard InChI is InChI=1S/C47H84NO7P/c1-3-5-7-9-11-13-15-17-19-21-22-23-24-25-26-28-30-32-34-36-38-40-47(49)55-46(45-54-56(50,51)53-43-41-48)44-52-42-39-37-35-33-31-29-27-20-18-16-14-12-10-8-6-4-2/h21-22,24-25,28,30,33-36,39,42,46H,3-20,23,26-27,29,31-32,37-38,40-41,43-45,48H2,1-2H3,(H,50,51)/b22-21-,25-24-,30-28-,35-33-,36-34-,42-39+. The minimum Gasteiger partial charge on any atom is -0.498 e. The number of hydrogen-bond acceptors (Lipinski definition) is 7. The van der Waals surface area contributed by atoms with Gasteiger partial charge in [-0.15, -0.1) is 0 Å². The van der Waals surface area contributed by atoms with Crippen molar-refractivity contribution in [1.82, 2.24) is 0 Å². The van der Waals surface area contributed by atoms with E-state index in [2.05, 4.69) is 62.5 Å². The molecule has 0 amide bonds. The maximum atomic E-state index is 12.5. The van der Waals surface area contributed by atoms with E-state index in [1.165, 1.54) is 128 Å². The molecular formula is C47H84NO7P. The van der Waals surface area contributed by atoms with E-state index >= 15 is 0 Å². The molecule has 0 aromatic carbocycles. The van der Waals surface area contributed by atoms with Crippen molar-refractivity contribution in [1.29, 1.82) is 0 Å². The Morgan fingerprint density at radius 2 is 0.964 bits per heavy atom. The Labute approximate surface area is 344 Å². The van der Waals surface area contributed by atoms with Gasteiger partial charge in [0, 0.05) is 13.0 Å². The number of esters is 1. The topological polar surface area (TPSA) is 117 Å². The van der Waals surface area contributed by atoms with Gasteiger partial charge in [0.1, 0.15) is 6.61 Å². The van der Waals surface area contributed by atoms with Gasteiger partial charge in [-0.2, -0.15) is 0 Å². The highest BCUT2D eigenvalue weighted by atomic mass is 31.2. The van der Waals surface area contributed by atoms with E-state index < -0.39 is 19.9 Å². The van der Waals surface area contributed by atoms with E-state index in [0.717, 1.165) is 32.1 Å². The molecule has 0 aromatic heterocycles. The summed E-state index contributed by atoms with van der Waals surface area (Å²) in [5.74, 6) is -0.440. The lowest BCUT2D eigenvalue weighted by molar-refractivity contribution is -0.153. The van der Waals surface area contributed by atoms with Crippen LogP contribution in [0, 0.1) is 0 Å². The zero-order chi connectivity index (χ0) is 40.9. The van der Waals surface area contributed by atoms with Gasteiger partial charge in [-0.05, 0) is 63.9 Å². The van der Waals surface area contributed by atoms with Crippen molar-refractivity contribution in [3.63, 3.8) is 0 Å². The molecule has 0 aliphatic rings. The summed E-state index contributed by atoms with van der Waals surface area (Å²) >= 11 is 0. The van der Waals surface area contributed by atoms with E-state index in [-0.39, 0.29) is 32.8 Å². The summed E-state index contributed by atoms with van der Waals surface area (Å²) in [5.41, 5.74) is 5.36. The van der Waals surface area contributed by atoms with Crippen molar-refractivity contribution in [3.8, 4) is 0 Å². The first-order chi connectivity index (χ1) is 27.4. The summed E-state index contributed by atoms with van der Waals surface area (Å²) in [4.78, 5) is 22.4. The zero-order valence-corrected chi connectivity index (χ0v) is 36.7. The summed E-state index contributed by atoms with van der Waals surface area (Å²) < 4.78 is 33.0. The predicted molar refractivity (Wildman–Crippen MR) is 237 cm³/mol. The maximum absolute atomic E-state index is 12.5. The minimum absolute atomic E-state index is 0.0216. The Morgan fingerprint density at radius 3 is 1.43 bits per heavy atom. The van der Waals surface area contributed by atoms with Crippen molar-refractivity contribution in [2.45, 2.75) is 193 Å². The van der Waals surface area contributed by atoms with Crippen LogP contribution < -0.4 is 5.73 Å². The van der Waals surface area contributed by atoms with E-state index in [9.17, 15) is 14.3 Å². The summed E-state index contributed by atoms with van der Waals surface area (Å²) in [6.45, 7) is 4.11. The molecule has 2 atom stereocenters. The van der Waals surface area contributed by atoms with Gasteiger partial charge in [-0.3, -0.25) is 13.8 Å². The molecule has 324 valence electrons. The molecule has 0 saturated heterocycles. The molecule has 3 N–H and O–H groups in total. The Morgan fingerprint density at radius 1 is 0.554 bits per heavy atom. The number of phosphoric acid groups is 1. The zero-order valence-electron chi connectivity index (χ0n) is 35.8. The summed E-state index contributed by atoms with van der Waals surface area (Å²) in [6.07, 6.45) is 56.1. The molecule has 0 radical (unpaired) electrons. The van der Waals surface area contributed by atoms with Gasteiger partial charge in [0.2, 0.25) is 0 Å². The molecule has 9 heteroatoms. The second-order valence-electron chi connectivity index (χ2n) is 14.6. The van der Waals surface area contributed by atoms with Crippen LogP contribution in [0.25, 0.3) is 0 Å². The number of allylic oxidation sites excluding steroid dienone is 11. The Balaban J connectivity index is 4.24. The van der Waals surface area contributed by atoms with Crippen LogP contribution in [0.5, 0.6) is 0 Å². The number of carbonyl (C=O) groups is 1. The van der Waals surface area contributed by atoms with Crippen molar-refractivity contribution < 1.29 is 32.8 Å². The summed E-state index contributed by atoms with van der Waals surface area (Å²) in [5, 5.41) is 0. The van der Waals surface area contributed by atoms with Crippen LogP contribution in [0.3, 0.4) is 0 Å². The van der Waals surface area contributed by atoms with Gasteiger partial charge in [-0.25, -0.2) is 4.57 Å². The first kappa shape index (κ1) is 53.8. The van der Waals surface area contributed by atoms with Crippen LogP contribution in [0.2, 0.25) is 0 Å². The lowest BCUT2D eigenvalue weighted by atomic mass is 10.1. The fourth-order valence-corrected chi connectivity index (χ4v) is 6.66. The van der Waals surface area contributed by atoms with Crippen LogP contribution in [-0.4, -0.2) is 43.3 Å². The molecule has 0 heterocycles. The van der Waals surface area contributed by atoms with Gasteiger partial charge in [-0.1, -0.05) is 184 Å². The van der Waals surface area contributed by atoms with Crippen LogP contribution in [0.1, 0.15) is 187 Å². The van der Waals surface area contributed by atoms with E-state index in [0.29, 0.717) is 6.42 Å². The Bertz CT molecular complexity index is 1080. The van der Waals surface area contributed by atoms with E-state index in [4.69, 9.17) is 24.3 Å². The number of phosphoric ester groups is 1. The molecule has 0 saturated carbocycles. The second-order valence-corrected chi connectivity index (χ2v) is 16.1. The van der Waals surface area contributed by atoms with Crippen molar-refractivity contribution >= 4 is 13.8 Å². The van der Waals surface area contributed by atoms with Crippen LogP contribution >= 0.6 is 7.82 Å². The van der Waals surface area contributed by atoms with Crippen LogP contribution in [0.15, 0.2) is 73.1 Å². The third-order valence-electron chi connectivity index (χ3n) is 9.20. The number of unbranched alkanes of at least 4 members (excludes halogenated alkanes) is 19. The Kier molecular flexibility index (Phi) is 42.2. The van der Waals surface area contributed by atoms with Gasteiger partial charge in [0.05, 0.1) is 19.5 Å². The highest BCUT2D eigenvalue weighted by molar-refractivity contribution is 7.47. The first-order valence-corrected chi connectivity index (χ1v) is 24.0. The van der Waals surface area contributed by atoms with Crippen LogP contribution in [-0.2, 0) is 27.9 Å². The lowest BCUT2D eigenvalue weighted by Crippen LogP contribution is -2.27. The fourth-order valence-electron chi connectivity index (χ4n) is 5.90. The fraction of sp³-hybridized carbons (Fsp3) is 0.723. The summed E-state index contributed by atoms with van der Waals surface area (Å²) in [6, 6.07) is 0. The largest absolute Gasteiger partial charge is 0.498 e. The Hall–Kier alpha value is -2.22. The van der Waals surface area contributed by atoms with E-state index in [1.807, 2.05) is 18.2 Å². The lowest BCUT2D eigenvalue weighted by Gasteiger charge is -2.19. The third-order valence-corrected chi connectivity index (χ3v) is 10.2. The molecule has 56 heavy (non-hydrogen) atoms. The third kappa shape index (κ3) is 42.9. The summed E-state index contributed by atoms with van der Waals surface area (Å²) in [7, 11) is -4.32. The number of hydrogen-bond donors (Lipinski definition) is 2. The maximum Gasteiger partial charge on any atom is 0.472 e. The average molecular weight is 806 g/mol. The molecule has 0 aliphatic carbocycles. The monoisotopic (exact) mass is 806 g/mol. The number of ether oxygens (including phenoxy) is 2. The number of rotatable bonds is 42. The molecule has 8 nitrogen and oxygen atoms in total. The van der Waals surface area contributed by atoms with Gasteiger partial charge in [0.25, 0.3) is 0 Å². The quantitative estimate of drug-likeness (QED) is 0.0206. The van der Waals surface area contributed by atoms with Crippen molar-refractivity contribution in [2.24, 2.45) is 5.73 Å². The average Bonchev–Trinajstić information content (AvgIpc) is 3.19. The van der Waals surface area contributed by atoms with Crippen LogP contribution in [0.4, 0.5) is 0 Å². The number of carbonyl (C=O) groups excluding carboxylic acids is 1. The van der Waals surface area contributed by atoms with Gasteiger partial charge < -0.3 is 20.1 Å². The molecule has 0 fully saturated rings. The highest BCUT2D eigenvalue weighted by Gasteiger charge is 2.25. The number of nitrogens with two attached hydrogens (primary N) is 1. The smallest absolute Gasteiger partial charge is 0.472 e. The first-order valence-electron chi connectivity index (χ1n) is 22.5. The molecule has 0 bridgehead atoms. The molecule has 0 spiro atoms.